The predicted molar refractivity (Wildman–Crippen MR) is 61.9 cm³/mol. The maximum atomic E-state index is 11.6. The third-order valence-corrected chi connectivity index (χ3v) is 2.66. The molecule has 2 aromatic rings. The molecule has 1 aromatic carbocycles. The van der Waals surface area contributed by atoms with E-state index in [2.05, 4.69) is 9.97 Å². The van der Waals surface area contributed by atoms with E-state index in [4.69, 9.17) is 34.8 Å². The van der Waals surface area contributed by atoms with E-state index < -0.39 is 0 Å². The van der Waals surface area contributed by atoms with Crippen LogP contribution in [0.1, 0.15) is 5.82 Å². The first kappa shape index (κ1) is 10.7. The van der Waals surface area contributed by atoms with Gasteiger partial charge in [0, 0.05) is 5.02 Å². The van der Waals surface area contributed by atoms with Crippen molar-refractivity contribution >= 4 is 45.7 Å². The Kier molecular flexibility index (Phi) is 2.87. The van der Waals surface area contributed by atoms with Crippen LogP contribution in [0.25, 0.3) is 10.9 Å². The van der Waals surface area contributed by atoms with Crippen molar-refractivity contribution in [1.29, 1.82) is 0 Å². The van der Waals surface area contributed by atoms with E-state index in [1.54, 1.807) is 0 Å². The summed E-state index contributed by atoms with van der Waals surface area (Å²) in [6.07, 6.45) is 0. The van der Waals surface area contributed by atoms with Crippen LogP contribution in [0.5, 0.6) is 0 Å². The first-order valence-corrected chi connectivity index (χ1v) is 5.35. The molecular weight excluding hydrogens is 258 g/mol. The van der Waals surface area contributed by atoms with Gasteiger partial charge in [0.25, 0.3) is 5.56 Å². The topological polar surface area (TPSA) is 45.8 Å². The van der Waals surface area contributed by atoms with Crippen molar-refractivity contribution in [1.82, 2.24) is 9.97 Å². The largest absolute Gasteiger partial charge is 0.309 e. The summed E-state index contributed by atoms with van der Waals surface area (Å²) in [7, 11) is 0. The molecule has 0 unspecified atom stereocenters. The Labute approximate surface area is 100.0 Å². The highest BCUT2D eigenvalue weighted by Crippen LogP contribution is 2.24. The lowest BCUT2D eigenvalue weighted by atomic mass is 10.2. The third kappa shape index (κ3) is 1.95. The average molecular weight is 264 g/mol. The van der Waals surface area contributed by atoms with Gasteiger partial charge in [0.05, 0.1) is 21.8 Å². The Morgan fingerprint density at radius 2 is 2.07 bits per heavy atom. The van der Waals surface area contributed by atoms with Crippen molar-refractivity contribution in [2.45, 2.75) is 5.88 Å². The van der Waals surface area contributed by atoms with Gasteiger partial charge in [0.2, 0.25) is 0 Å². The van der Waals surface area contributed by atoms with Gasteiger partial charge in [0.1, 0.15) is 5.82 Å². The number of alkyl halides is 1. The number of hydrogen-bond donors (Lipinski definition) is 1. The smallest absolute Gasteiger partial charge is 0.258 e. The van der Waals surface area contributed by atoms with E-state index in [1.807, 2.05) is 0 Å². The minimum Gasteiger partial charge on any atom is -0.309 e. The first-order chi connectivity index (χ1) is 7.11. The van der Waals surface area contributed by atoms with Crippen LogP contribution < -0.4 is 5.56 Å². The number of benzene rings is 1. The number of aromatic amines is 1. The van der Waals surface area contributed by atoms with Crippen LogP contribution in [0, 0.1) is 0 Å². The van der Waals surface area contributed by atoms with Crippen molar-refractivity contribution < 1.29 is 0 Å². The minimum absolute atomic E-state index is 0.129. The number of rotatable bonds is 1. The molecule has 0 saturated heterocycles. The Morgan fingerprint density at radius 3 is 2.73 bits per heavy atom. The summed E-state index contributed by atoms with van der Waals surface area (Å²) < 4.78 is 0. The number of hydrogen-bond acceptors (Lipinski definition) is 2. The van der Waals surface area contributed by atoms with Crippen molar-refractivity contribution in [3.8, 4) is 0 Å². The zero-order valence-electron chi connectivity index (χ0n) is 7.35. The molecule has 1 aromatic heterocycles. The fraction of sp³-hybridized carbons (Fsp3) is 0.111. The summed E-state index contributed by atoms with van der Waals surface area (Å²) in [5, 5.41) is 1.11. The summed E-state index contributed by atoms with van der Waals surface area (Å²) in [5.41, 5.74) is 0.125. The molecule has 0 radical (unpaired) electrons. The molecule has 6 heteroatoms. The Hall–Kier alpha value is -0.770. The van der Waals surface area contributed by atoms with Gasteiger partial charge in [0.15, 0.2) is 0 Å². The molecule has 3 nitrogen and oxygen atoms in total. The van der Waals surface area contributed by atoms with Crippen LogP contribution in [-0.2, 0) is 5.88 Å². The van der Waals surface area contributed by atoms with Crippen LogP contribution >= 0.6 is 34.8 Å². The summed E-state index contributed by atoms with van der Waals surface area (Å²) in [5.74, 6) is 0.516. The number of fused-ring (bicyclic) bond motifs is 1. The fourth-order valence-corrected chi connectivity index (χ4v) is 1.94. The summed E-state index contributed by atoms with van der Waals surface area (Å²) in [4.78, 5) is 18.2. The Balaban J connectivity index is 2.91. The molecule has 0 atom stereocenters. The quantitative estimate of drug-likeness (QED) is 0.804. The number of nitrogens with one attached hydrogen (secondary N) is 1. The van der Waals surface area contributed by atoms with Crippen LogP contribution in [0.4, 0.5) is 0 Å². The standard InChI is InChI=1S/C9H5Cl3N2O/c10-3-7-13-8-5(9(15)14-7)1-4(11)2-6(8)12/h1-2H,3H2,(H,13,14,15). The van der Waals surface area contributed by atoms with E-state index in [0.717, 1.165) is 0 Å². The molecule has 78 valence electrons. The normalized spacial score (nSPS) is 10.9. The molecule has 0 bridgehead atoms. The second-order valence-corrected chi connectivity index (χ2v) is 4.04. The van der Waals surface area contributed by atoms with Gasteiger partial charge < -0.3 is 4.98 Å². The highest BCUT2D eigenvalue weighted by molar-refractivity contribution is 6.38. The third-order valence-electron chi connectivity index (χ3n) is 1.90. The molecular formula is C9H5Cl3N2O. The highest BCUT2D eigenvalue weighted by Gasteiger charge is 2.08. The maximum absolute atomic E-state index is 11.6. The fourth-order valence-electron chi connectivity index (χ4n) is 1.28. The summed E-state index contributed by atoms with van der Waals surface area (Å²) >= 11 is 17.3. The monoisotopic (exact) mass is 262 g/mol. The Morgan fingerprint density at radius 1 is 1.33 bits per heavy atom. The van der Waals surface area contributed by atoms with E-state index >= 15 is 0 Å². The molecule has 0 fully saturated rings. The van der Waals surface area contributed by atoms with Gasteiger partial charge >= 0.3 is 0 Å². The van der Waals surface area contributed by atoms with Gasteiger partial charge in [-0.05, 0) is 12.1 Å². The molecule has 0 amide bonds. The second kappa shape index (κ2) is 4.00. The van der Waals surface area contributed by atoms with E-state index in [-0.39, 0.29) is 11.4 Å². The van der Waals surface area contributed by atoms with Gasteiger partial charge in [-0.15, -0.1) is 11.6 Å². The van der Waals surface area contributed by atoms with Crippen LogP contribution in [0.15, 0.2) is 16.9 Å². The van der Waals surface area contributed by atoms with Crippen LogP contribution in [0.3, 0.4) is 0 Å². The second-order valence-electron chi connectivity index (χ2n) is 2.93. The minimum atomic E-state index is -0.292. The molecule has 15 heavy (non-hydrogen) atoms. The molecule has 1 heterocycles. The molecule has 0 aliphatic rings. The SMILES string of the molecule is O=c1[nH]c(CCl)nc2c(Cl)cc(Cl)cc12. The highest BCUT2D eigenvalue weighted by atomic mass is 35.5. The van der Waals surface area contributed by atoms with Gasteiger partial charge in [-0.2, -0.15) is 0 Å². The number of nitrogens with zero attached hydrogens (tertiary/aromatic N) is 1. The van der Waals surface area contributed by atoms with Crippen LogP contribution in [0.2, 0.25) is 10.0 Å². The van der Waals surface area contributed by atoms with Crippen molar-refractivity contribution in [3.05, 3.63) is 38.4 Å². The molecule has 0 saturated carbocycles. The lowest BCUT2D eigenvalue weighted by Gasteiger charge is -2.02. The van der Waals surface area contributed by atoms with Gasteiger partial charge in [-0.1, -0.05) is 23.2 Å². The van der Waals surface area contributed by atoms with Gasteiger partial charge in [-0.3, -0.25) is 4.79 Å². The number of H-pyrrole nitrogens is 1. The predicted octanol–water partition coefficient (Wildman–Crippen LogP) is 2.97. The van der Waals surface area contributed by atoms with E-state index in [0.29, 0.717) is 26.8 Å². The summed E-state index contributed by atoms with van der Waals surface area (Å²) in [6, 6.07) is 3.06. The Bertz CT molecular complexity index is 579. The van der Waals surface area contributed by atoms with Crippen molar-refractivity contribution in [3.63, 3.8) is 0 Å². The lowest BCUT2D eigenvalue weighted by Crippen LogP contribution is -2.11. The zero-order chi connectivity index (χ0) is 11.0. The van der Waals surface area contributed by atoms with Crippen molar-refractivity contribution in [2.75, 3.05) is 0 Å². The zero-order valence-corrected chi connectivity index (χ0v) is 9.62. The molecule has 2 rings (SSSR count). The lowest BCUT2D eigenvalue weighted by molar-refractivity contribution is 1.04. The maximum Gasteiger partial charge on any atom is 0.258 e. The molecule has 0 spiro atoms. The number of aromatic nitrogens is 2. The van der Waals surface area contributed by atoms with Crippen molar-refractivity contribution in [2.24, 2.45) is 0 Å². The molecule has 1 N–H and O–H groups in total. The molecule has 0 aliphatic heterocycles. The molecule has 0 aliphatic carbocycles. The van der Waals surface area contributed by atoms with Crippen LogP contribution in [-0.4, -0.2) is 9.97 Å². The van der Waals surface area contributed by atoms with E-state index in [9.17, 15) is 4.79 Å². The first-order valence-electron chi connectivity index (χ1n) is 4.05. The van der Waals surface area contributed by atoms with Gasteiger partial charge in [-0.25, -0.2) is 4.98 Å². The average Bonchev–Trinajstić information content (AvgIpc) is 2.19. The van der Waals surface area contributed by atoms with E-state index in [1.165, 1.54) is 12.1 Å². The summed E-state index contributed by atoms with van der Waals surface area (Å²) in [6.45, 7) is 0. The number of halogens is 3.